The fourth-order valence-corrected chi connectivity index (χ4v) is 3.59. The first-order chi connectivity index (χ1) is 12.4. The first-order valence-electron chi connectivity index (χ1n) is 9.36. The zero-order chi connectivity index (χ0) is 18.7. The van der Waals surface area contributed by atoms with Crippen LogP contribution in [0.25, 0.3) is 0 Å². The third-order valence-corrected chi connectivity index (χ3v) is 5.28. The van der Waals surface area contributed by atoms with Gasteiger partial charge in [0.25, 0.3) is 5.91 Å². The second-order valence-corrected chi connectivity index (χ2v) is 7.67. The van der Waals surface area contributed by atoms with E-state index in [2.05, 4.69) is 10.2 Å². The summed E-state index contributed by atoms with van der Waals surface area (Å²) in [6.07, 6.45) is 4.04. The smallest absolute Gasteiger partial charge is 0.317 e. The van der Waals surface area contributed by atoms with E-state index in [0.29, 0.717) is 5.92 Å². The lowest BCUT2D eigenvalue weighted by Crippen LogP contribution is -2.55. The van der Waals surface area contributed by atoms with E-state index in [9.17, 15) is 9.59 Å². The predicted octanol–water partition coefficient (Wildman–Crippen LogP) is 2.13. The Morgan fingerprint density at radius 1 is 1.23 bits per heavy atom. The number of benzene rings is 1. The normalized spacial score (nSPS) is 22.0. The van der Waals surface area contributed by atoms with E-state index in [1.165, 1.54) is 12.8 Å². The van der Waals surface area contributed by atoms with Crippen molar-refractivity contribution in [3.8, 4) is 5.75 Å². The van der Waals surface area contributed by atoms with Crippen LogP contribution in [0.1, 0.15) is 36.8 Å². The Kier molecular flexibility index (Phi) is 5.81. The number of carbonyl (C=O) groups is 2. The molecule has 2 fully saturated rings. The van der Waals surface area contributed by atoms with Gasteiger partial charge in [0.1, 0.15) is 5.75 Å². The number of para-hydroxylation sites is 1. The molecule has 0 spiro atoms. The highest BCUT2D eigenvalue weighted by molar-refractivity contribution is 5.78. The first-order valence-corrected chi connectivity index (χ1v) is 9.36. The molecule has 0 bridgehead atoms. The number of carboxylic acid groups (broad SMARTS) is 1. The van der Waals surface area contributed by atoms with Gasteiger partial charge in [-0.15, -0.1) is 0 Å². The third-order valence-electron chi connectivity index (χ3n) is 5.28. The molecule has 0 radical (unpaired) electrons. The monoisotopic (exact) mass is 360 g/mol. The Labute approximate surface area is 154 Å². The zero-order valence-corrected chi connectivity index (χ0v) is 15.5. The van der Waals surface area contributed by atoms with Gasteiger partial charge in [-0.1, -0.05) is 18.2 Å². The van der Waals surface area contributed by atoms with Crippen LogP contribution in [0.15, 0.2) is 18.2 Å². The zero-order valence-electron chi connectivity index (χ0n) is 15.5. The molecule has 0 heterocycles. The number of rotatable bonds is 9. The Morgan fingerprint density at radius 2 is 1.88 bits per heavy atom. The van der Waals surface area contributed by atoms with Crippen molar-refractivity contribution in [3.63, 3.8) is 0 Å². The van der Waals surface area contributed by atoms with Crippen LogP contribution in [0, 0.1) is 19.8 Å². The quantitative estimate of drug-likeness (QED) is 0.705. The molecule has 3 rings (SSSR count). The second-order valence-electron chi connectivity index (χ2n) is 7.67. The number of amides is 1. The summed E-state index contributed by atoms with van der Waals surface area (Å²) in [5, 5.41) is 12.1. The van der Waals surface area contributed by atoms with Crippen molar-refractivity contribution in [2.24, 2.45) is 5.92 Å². The third kappa shape index (κ3) is 4.97. The van der Waals surface area contributed by atoms with Gasteiger partial charge in [0.15, 0.2) is 6.61 Å². The standard InChI is InChI=1S/C20H28N2O4/c1-13-4-3-5-14(2)20(13)26-12-18(23)21-16-8-17(9-16)22(11-19(24)25)10-15-6-7-15/h3-5,15-17H,6-12H2,1-2H3,(H,21,23)(H,24,25). The summed E-state index contributed by atoms with van der Waals surface area (Å²) in [4.78, 5) is 25.3. The van der Waals surface area contributed by atoms with Gasteiger partial charge in [-0.25, -0.2) is 0 Å². The molecule has 2 saturated carbocycles. The van der Waals surface area contributed by atoms with Crippen molar-refractivity contribution in [2.75, 3.05) is 19.7 Å². The number of aryl methyl sites for hydroxylation is 2. The molecule has 142 valence electrons. The topological polar surface area (TPSA) is 78.9 Å². The Balaban J connectivity index is 1.41. The molecule has 2 aliphatic carbocycles. The number of hydrogen-bond acceptors (Lipinski definition) is 4. The molecule has 0 saturated heterocycles. The molecule has 2 aliphatic rings. The van der Waals surface area contributed by atoms with Gasteiger partial charge >= 0.3 is 5.97 Å². The molecule has 0 unspecified atom stereocenters. The highest BCUT2D eigenvalue weighted by Gasteiger charge is 2.37. The molecule has 0 atom stereocenters. The molecule has 6 heteroatoms. The largest absolute Gasteiger partial charge is 0.483 e. The fraction of sp³-hybridized carbons (Fsp3) is 0.600. The first kappa shape index (κ1) is 18.7. The van der Waals surface area contributed by atoms with E-state index in [1.807, 2.05) is 32.0 Å². The summed E-state index contributed by atoms with van der Waals surface area (Å²) < 4.78 is 5.69. The second kappa shape index (κ2) is 8.08. The highest BCUT2D eigenvalue weighted by atomic mass is 16.5. The molecule has 0 aromatic heterocycles. The molecular weight excluding hydrogens is 332 g/mol. The number of nitrogens with one attached hydrogen (secondary N) is 1. The summed E-state index contributed by atoms with van der Waals surface area (Å²) in [5.41, 5.74) is 2.04. The minimum Gasteiger partial charge on any atom is -0.483 e. The van der Waals surface area contributed by atoms with Crippen LogP contribution in [-0.2, 0) is 9.59 Å². The molecular formula is C20H28N2O4. The molecule has 2 N–H and O–H groups in total. The van der Waals surface area contributed by atoms with Crippen molar-refractivity contribution in [2.45, 2.75) is 51.6 Å². The van der Waals surface area contributed by atoms with Crippen LogP contribution in [0.3, 0.4) is 0 Å². The molecule has 1 aromatic rings. The van der Waals surface area contributed by atoms with Gasteiger partial charge < -0.3 is 15.2 Å². The van der Waals surface area contributed by atoms with Gasteiger partial charge in [0.05, 0.1) is 6.54 Å². The Hall–Kier alpha value is -2.08. The van der Waals surface area contributed by atoms with Gasteiger partial charge in [-0.05, 0) is 56.6 Å². The van der Waals surface area contributed by atoms with Crippen molar-refractivity contribution in [1.29, 1.82) is 0 Å². The van der Waals surface area contributed by atoms with Crippen molar-refractivity contribution in [3.05, 3.63) is 29.3 Å². The van der Waals surface area contributed by atoms with Crippen molar-refractivity contribution < 1.29 is 19.4 Å². The molecule has 0 aliphatic heterocycles. The minimum atomic E-state index is -0.778. The summed E-state index contributed by atoms with van der Waals surface area (Å²) in [6.45, 7) is 4.90. The minimum absolute atomic E-state index is 0.00771. The van der Waals surface area contributed by atoms with E-state index in [1.54, 1.807) is 0 Å². The van der Waals surface area contributed by atoms with Crippen LogP contribution in [-0.4, -0.2) is 53.7 Å². The number of ether oxygens (including phenoxy) is 1. The highest BCUT2D eigenvalue weighted by Crippen LogP contribution is 2.33. The van der Waals surface area contributed by atoms with Crippen LogP contribution >= 0.6 is 0 Å². The maximum absolute atomic E-state index is 12.1. The maximum atomic E-state index is 12.1. The van der Waals surface area contributed by atoms with Crippen LogP contribution in [0.5, 0.6) is 5.75 Å². The van der Waals surface area contributed by atoms with Gasteiger partial charge in [-0.2, -0.15) is 0 Å². The number of hydrogen-bond donors (Lipinski definition) is 2. The average molecular weight is 360 g/mol. The molecule has 26 heavy (non-hydrogen) atoms. The van der Waals surface area contributed by atoms with E-state index in [4.69, 9.17) is 9.84 Å². The lowest BCUT2D eigenvalue weighted by atomic mass is 9.85. The Bertz CT molecular complexity index is 646. The summed E-state index contributed by atoms with van der Waals surface area (Å²) >= 11 is 0. The summed E-state index contributed by atoms with van der Waals surface area (Å²) in [5.74, 6) is 0.531. The summed E-state index contributed by atoms with van der Waals surface area (Å²) in [6, 6.07) is 6.28. The molecule has 6 nitrogen and oxygen atoms in total. The lowest BCUT2D eigenvalue weighted by Gasteiger charge is -2.42. The van der Waals surface area contributed by atoms with Crippen LogP contribution in [0.4, 0.5) is 0 Å². The fourth-order valence-electron chi connectivity index (χ4n) is 3.59. The van der Waals surface area contributed by atoms with Crippen molar-refractivity contribution >= 4 is 11.9 Å². The number of aliphatic carboxylic acids is 1. The average Bonchev–Trinajstić information content (AvgIpc) is 3.33. The lowest BCUT2D eigenvalue weighted by molar-refractivity contribution is -0.140. The van der Waals surface area contributed by atoms with Crippen molar-refractivity contribution in [1.82, 2.24) is 10.2 Å². The number of carboxylic acids is 1. The van der Waals surface area contributed by atoms with Gasteiger partial charge in [-0.3, -0.25) is 14.5 Å². The SMILES string of the molecule is Cc1cccc(C)c1OCC(=O)NC1CC(N(CC(=O)O)CC2CC2)C1. The molecule has 1 aromatic carbocycles. The maximum Gasteiger partial charge on any atom is 0.317 e. The molecule has 1 amide bonds. The van der Waals surface area contributed by atoms with Gasteiger partial charge in [0.2, 0.25) is 0 Å². The summed E-state index contributed by atoms with van der Waals surface area (Å²) in [7, 11) is 0. The van der Waals surface area contributed by atoms with Gasteiger partial charge in [0, 0.05) is 18.6 Å². The van der Waals surface area contributed by atoms with Crippen LogP contribution < -0.4 is 10.1 Å². The van der Waals surface area contributed by atoms with E-state index in [-0.39, 0.29) is 31.1 Å². The van der Waals surface area contributed by atoms with E-state index in [0.717, 1.165) is 36.3 Å². The van der Waals surface area contributed by atoms with E-state index >= 15 is 0 Å². The number of carbonyl (C=O) groups excluding carboxylic acids is 1. The predicted molar refractivity (Wildman–Crippen MR) is 98.3 cm³/mol. The van der Waals surface area contributed by atoms with Crippen LogP contribution in [0.2, 0.25) is 0 Å². The Morgan fingerprint density at radius 3 is 2.46 bits per heavy atom. The number of nitrogens with zero attached hydrogens (tertiary/aromatic N) is 1. The van der Waals surface area contributed by atoms with E-state index < -0.39 is 5.97 Å².